The van der Waals surface area contributed by atoms with Gasteiger partial charge in [0.2, 0.25) is 0 Å². The van der Waals surface area contributed by atoms with Crippen LogP contribution in [0.5, 0.6) is 5.75 Å². The fourth-order valence-corrected chi connectivity index (χ4v) is 2.21. The van der Waals surface area contributed by atoms with E-state index in [2.05, 4.69) is 21.2 Å². The first-order chi connectivity index (χ1) is 9.34. The van der Waals surface area contributed by atoms with Crippen LogP contribution in [0, 0.1) is 6.92 Å². The molecule has 0 bridgehead atoms. The first kappa shape index (κ1) is 17.4. The lowest BCUT2D eigenvalue weighted by Crippen LogP contribution is -2.41. The SMILES string of the molecule is CCC(C)(O)CNCC(O)COc1ccc(C)cc1Br. The van der Waals surface area contributed by atoms with Gasteiger partial charge in [0.1, 0.15) is 18.5 Å². The van der Waals surface area contributed by atoms with E-state index in [-0.39, 0.29) is 6.61 Å². The lowest BCUT2D eigenvalue weighted by molar-refractivity contribution is 0.0476. The summed E-state index contributed by atoms with van der Waals surface area (Å²) in [6.07, 6.45) is 0.0546. The number of aryl methyl sites for hydroxylation is 1. The highest BCUT2D eigenvalue weighted by molar-refractivity contribution is 9.10. The van der Waals surface area contributed by atoms with Crippen molar-refractivity contribution in [1.82, 2.24) is 5.32 Å². The standard InChI is InChI=1S/C15H24BrNO3/c1-4-15(3,19)10-17-8-12(18)9-20-14-6-5-11(2)7-13(14)16/h5-7,12,17-19H,4,8-10H2,1-3H3. The second-order valence-corrected chi connectivity index (χ2v) is 6.23. The van der Waals surface area contributed by atoms with Crippen LogP contribution in [0.4, 0.5) is 0 Å². The van der Waals surface area contributed by atoms with Crippen LogP contribution in [0.3, 0.4) is 0 Å². The molecule has 0 heterocycles. The maximum atomic E-state index is 9.84. The van der Waals surface area contributed by atoms with E-state index < -0.39 is 11.7 Å². The van der Waals surface area contributed by atoms with Gasteiger partial charge < -0.3 is 20.3 Å². The van der Waals surface area contributed by atoms with Gasteiger partial charge in [-0.2, -0.15) is 0 Å². The van der Waals surface area contributed by atoms with Crippen molar-refractivity contribution in [3.05, 3.63) is 28.2 Å². The van der Waals surface area contributed by atoms with Gasteiger partial charge in [-0.3, -0.25) is 0 Å². The molecule has 0 aliphatic heterocycles. The van der Waals surface area contributed by atoms with Crippen molar-refractivity contribution in [1.29, 1.82) is 0 Å². The van der Waals surface area contributed by atoms with Crippen LogP contribution in [0.15, 0.2) is 22.7 Å². The predicted octanol–water partition coefficient (Wildman–Crippen LogP) is 2.25. The highest BCUT2D eigenvalue weighted by Gasteiger charge is 2.17. The molecule has 3 N–H and O–H groups in total. The zero-order chi connectivity index (χ0) is 15.2. The Bertz CT molecular complexity index is 424. The fourth-order valence-electron chi connectivity index (χ4n) is 1.60. The van der Waals surface area contributed by atoms with E-state index >= 15 is 0 Å². The zero-order valence-electron chi connectivity index (χ0n) is 12.3. The highest BCUT2D eigenvalue weighted by Crippen LogP contribution is 2.25. The molecule has 20 heavy (non-hydrogen) atoms. The van der Waals surface area contributed by atoms with E-state index in [1.807, 2.05) is 32.0 Å². The molecule has 0 spiro atoms. The lowest BCUT2D eigenvalue weighted by Gasteiger charge is -2.22. The number of rotatable bonds is 8. The van der Waals surface area contributed by atoms with E-state index in [9.17, 15) is 10.2 Å². The smallest absolute Gasteiger partial charge is 0.133 e. The molecule has 2 atom stereocenters. The van der Waals surface area contributed by atoms with E-state index in [4.69, 9.17) is 4.74 Å². The average Bonchev–Trinajstić information content (AvgIpc) is 2.37. The predicted molar refractivity (Wildman–Crippen MR) is 84.2 cm³/mol. The maximum absolute atomic E-state index is 9.84. The fraction of sp³-hybridized carbons (Fsp3) is 0.600. The molecule has 2 unspecified atom stereocenters. The summed E-state index contributed by atoms with van der Waals surface area (Å²) in [4.78, 5) is 0. The molecular weight excluding hydrogens is 322 g/mol. The quantitative estimate of drug-likeness (QED) is 0.676. The topological polar surface area (TPSA) is 61.7 Å². The molecule has 0 fully saturated rings. The Morgan fingerprint density at radius 3 is 2.75 bits per heavy atom. The monoisotopic (exact) mass is 345 g/mol. The van der Waals surface area contributed by atoms with Crippen LogP contribution in [0.25, 0.3) is 0 Å². The number of ether oxygens (including phenoxy) is 1. The second kappa shape index (κ2) is 7.98. The number of aliphatic hydroxyl groups is 2. The summed E-state index contributed by atoms with van der Waals surface area (Å²) in [5.41, 5.74) is 0.411. The summed E-state index contributed by atoms with van der Waals surface area (Å²) in [5.74, 6) is 0.718. The Morgan fingerprint density at radius 2 is 2.15 bits per heavy atom. The number of hydrogen-bond acceptors (Lipinski definition) is 4. The molecule has 5 heteroatoms. The third-order valence-corrected chi connectivity index (χ3v) is 3.79. The summed E-state index contributed by atoms with van der Waals surface area (Å²) in [7, 11) is 0. The summed E-state index contributed by atoms with van der Waals surface area (Å²) in [5, 5.41) is 22.7. The zero-order valence-corrected chi connectivity index (χ0v) is 13.9. The van der Waals surface area contributed by atoms with Gasteiger partial charge in [-0.1, -0.05) is 13.0 Å². The summed E-state index contributed by atoms with van der Waals surface area (Å²) >= 11 is 3.43. The van der Waals surface area contributed by atoms with Gasteiger partial charge in [0, 0.05) is 13.1 Å². The summed E-state index contributed by atoms with van der Waals surface area (Å²) in [6.45, 7) is 6.76. The molecule has 1 aromatic rings. The van der Waals surface area contributed by atoms with Gasteiger partial charge in [0.05, 0.1) is 10.1 Å². The first-order valence-corrected chi connectivity index (χ1v) is 7.63. The number of aliphatic hydroxyl groups excluding tert-OH is 1. The molecule has 0 amide bonds. The number of nitrogens with one attached hydrogen (secondary N) is 1. The first-order valence-electron chi connectivity index (χ1n) is 6.84. The van der Waals surface area contributed by atoms with E-state index in [1.165, 1.54) is 0 Å². The van der Waals surface area contributed by atoms with Crippen molar-refractivity contribution in [2.75, 3.05) is 19.7 Å². The minimum Gasteiger partial charge on any atom is -0.490 e. The van der Waals surface area contributed by atoms with Gasteiger partial charge in [0.25, 0.3) is 0 Å². The molecule has 114 valence electrons. The Morgan fingerprint density at radius 1 is 1.45 bits per heavy atom. The van der Waals surface area contributed by atoms with Gasteiger partial charge in [-0.05, 0) is 53.9 Å². The largest absolute Gasteiger partial charge is 0.490 e. The molecule has 0 radical (unpaired) electrons. The number of benzene rings is 1. The Labute approximate surface area is 129 Å². The van der Waals surface area contributed by atoms with Gasteiger partial charge in [-0.15, -0.1) is 0 Å². The molecule has 0 aliphatic carbocycles. The van der Waals surface area contributed by atoms with Crippen LogP contribution >= 0.6 is 15.9 Å². The van der Waals surface area contributed by atoms with Crippen LogP contribution in [-0.2, 0) is 0 Å². The third kappa shape index (κ3) is 6.22. The lowest BCUT2D eigenvalue weighted by atomic mass is 10.0. The Kier molecular flexibility index (Phi) is 6.95. The van der Waals surface area contributed by atoms with Crippen molar-refractivity contribution < 1.29 is 14.9 Å². The molecule has 0 saturated carbocycles. The third-order valence-electron chi connectivity index (χ3n) is 3.17. The van der Waals surface area contributed by atoms with Crippen LogP contribution in [0.1, 0.15) is 25.8 Å². The normalized spacial score (nSPS) is 15.7. The van der Waals surface area contributed by atoms with Crippen molar-refractivity contribution >= 4 is 15.9 Å². The minimum absolute atomic E-state index is 0.211. The second-order valence-electron chi connectivity index (χ2n) is 5.38. The Hall–Kier alpha value is -0.620. The van der Waals surface area contributed by atoms with Crippen molar-refractivity contribution in [2.24, 2.45) is 0 Å². The van der Waals surface area contributed by atoms with E-state index in [0.717, 1.165) is 15.8 Å². The number of halogens is 1. The van der Waals surface area contributed by atoms with Gasteiger partial charge in [0.15, 0.2) is 0 Å². The van der Waals surface area contributed by atoms with E-state index in [0.29, 0.717) is 19.5 Å². The highest BCUT2D eigenvalue weighted by atomic mass is 79.9. The number of hydrogen-bond donors (Lipinski definition) is 3. The minimum atomic E-state index is -0.736. The Balaban J connectivity index is 2.31. The van der Waals surface area contributed by atoms with E-state index in [1.54, 1.807) is 6.92 Å². The van der Waals surface area contributed by atoms with Crippen molar-refractivity contribution in [2.45, 2.75) is 38.9 Å². The molecule has 0 aromatic heterocycles. The molecule has 0 aliphatic rings. The molecule has 4 nitrogen and oxygen atoms in total. The molecule has 1 rings (SSSR count). The maximum Gasteiger partial charge on any atom is 0.133 e. The summed E-state index contributed by atoms with van der Waals surface area (Å²) < 4.78 is 6.44. The molecule has 1 aromatic carbocycles. The van der Waals surface area contributed by atoms with Gasteiger partial charge in [-0.25, -0.2) is 0 Å². The molecule has 0 saturated heterocycles. The summed E-state index contributed by atoms with van der Waals surface area (Å²) in [6, 6.07) is 5.81. The van der Waals surface area contributed by atoms with Crippen LogP contribution in [-0.4, -0.2) is 41.6 Å². The molecular formula is C15H24BrNO3. The van der Waals surface area contributed by atoms with Crippen molar-refractivity contribution in [3.63, 3.8) is 0 Å². The van der Waals surface area contributed by atoms with Crippen molar-refractivity contribution in [3.8, 4) is 5.75 Å². The van der Waals surface area contributed by atoms with Crippen LogP contribution < -0.4 is 10.1 Å². The van der Waals surface area contributed by atoms with Crippen LogP contribution in [0.2, 0.25) is 0 Å². The average molecular weight is 346 g/mol. The van der Waals surface area contributed by atoms with Gasteiger partial charge >= 0.3 is 0 Å².